The number of oxazole rings is 1. The van der Waals surface area contributed by atoms with E-state index in [4.69, 9.17) is 9.15 Å². The highest BCUT2D eigenvalue weighted by Gasteiger charge is 2.37. The molecule has 4 aromatic rings. The van der Waals surface area contributed by atoms with E-state index < -0.39 is 35.7 Å². The number of carboxylic acid groups (broad SMARTS) is 1. The molecule has 8 nitrogen and oxygen atoms in total. The predicted molar refractivity (Wildman–Crippen MR) is 144 cm³/mol. The molecule has 2 fully saturated rings. The van der Waals surface area contributed by atoms with Crippen LogP contribution in [0.2, 0.25) is 0 Å². The third-order valence-corrected chi connectivity index (χ3v) is 8.33. The predicted octanol–water partition coefficient (Wildman–Crippen LogP) is 5.41. The van der Waals surface area contributed by atoms with Crippen LogP contribution >= 0.6 is 0 Å². The third-order valence-electron chi connectivity index (χ3n) is 8.33. The Bertz CT molecular complexity index is 1620. The van der Waals surface area contributed by atoms with E-state index in [-0.39, 0.29) is 60.6 Å². The minimum absolute atomic E-state index is 0.0907. The minimum Gasteiger partial charge on any atom is -0.481 e. The second-order valence-corrected chi connectivity index (χ2v) is 11.1. The number of hydrogen-bond acceptors (Lipinski definition) is 5. The number of alkyl halides is 1. The summed E-state index contributed by atoms with van der Waals surface area (Å²) in [5.41, 5.74) is 1.53. The van der Waals surface area contributed by atoms with Crippen LogP contribution in [-0.4, -0.2) is 62.9 Å². The van der Waals surface area contributed by atoms with Crippen LogP contribution in [0.3, 0.4) is 0 Å². The van der Waals surface area contributed by atoms with Gasteiger partial charge < -0.3 is 23.7 Å². The molecule has 2 aliphatic rings. The molecule has 1 aliphatic carbocycles. The zero-order valence-corrected chi connectivity index (χ0v) is 22.5. The first-order valence-corrected chi connectivity index (χ1v) is 13.8. The Morgan fingerprint density at radius 3 is 2.68 bits per heavy atom. The fourth-order valence-electron chi connectivity index (χ4n) is 6.10. The van der Waals surface area contributed by atoms with Gasteiger partial charge in [-0.25, -0.2) is 18.2 Å². The maximum Gasteiger partial charge on any atom is 0.306 e. The van der Waals surface area contributed by atoms with Gasteiger partial charge >= 0.3 is 5.97 Å². The number of fused-ring (bicyclic) bond motifs is 2. The lowest BCUT2D eigenvalue weighted by Crippen LogP contribution is -2.40. The van der Waals surface area contributed by atoms with Crippen molar-refractivity contribution in [2.24, 2.45) is 13.0 Å². The number of carbonyl (C=O) groups is 2. The lowest BCUT2D eigenvalue weighted by Gasteiger charge is -2.29. The molecular weight excluding hydrogens is 539 g/mol. The molecule has 0 radical (unpaired) electrons. The van der Waals surface area contributed by atoms with Crippen LogP contribution in [0, 0.1) is 17.6 Å². The van der Waals surface area contributed by atoms with Crippen LogP contribution in [0.15, 0.2) is 40.9 Å². The van der Waals surface area contributed by atoms with Gasteiger partial charge in [-0.15, -0.1) is 0 Å². The van der Waals surface area contributed by atoms with Gasteiger partial charge in [0.05, 0.1) is 43.2 Å². The van der Waals surface area contributed by atoms with Crippen molar-refractivity contribution in [2.45, 2.75) is 56.8 Å². The van der Waals surface area contributed by atoms with Gasteiger partial charge in [0.15, 0.2) is 11.4 Å². The first kappa shape index (κ1) is 27.3. The number of amides is 1. The first-order valence-electron chi connectivity index (χ1n) is 13.8. The normalized spacial score (nSPS) is 23.1. The van der Waals surface area contributed by atoms with Crippen molar-refractivity contribution in [2.75, 3.05) is 13.2 Å². The first-order chi connectivity index (χ1) is 19.7. The summed E-state index contributed by atoms with van der Waals surface area (Å²) in [5.74, 6) is -2.59. The third kappa shape index (κ3) is 5.30. The molecule has 2 aromatic carbocycles. The van der Waals surface area contributed by atoms with Crippen LogP contribution in [0.25, 0.3) is 33.5 Å². The number of aromatic nitrogens is 2. The van der Waals surface area contributed by atoms with E-state index in [2.05, 4.69) is 4.98 Å². The highest BCUT2D eigenvalue weighted by Crippen LogP contribution is 2.34. The summed E-state index contributed by atoms with van der Waals surface area (Å²) in [6.07, 6.45) is 2.52. The summed E-state index contributed by atoms with van der Waals surface area (Å²) in [6.45, 7) is 0.0553. The number of halogens is 3. The summed E-state index contributed by atoms with van der Waals surface area (Å²) >= 11 is 0. The number of hydrogen-bond donors (Lipinski definition) is 1. The van der Waals surface area contributed by atoms with Gasteiger partial charge in [-0.05, 0) is 49.9 Å². The Morgan fingerprint density at radius 2 is 1.93 bits per heavy atom. The molecule has 2 atom stereocenters. The summed E-state index contributed by atoms with van der Waals surface area (Å²) in [4.78, 5) is 30.2. The van der Waals surface area contributed by atoms with Gasteiger partial charge in [0.25, 0.3) is 0 Å². The van der Waals surface area contributed by atoms with E-state index in [1.807, 2.05) is 0 Å². The minimum atomic E-state index is -1.20. The van der Waals surface area contributed by atoms with Gasteiger partial charge in [0.2, 0.25) is 11.8 Å². The fraction of sp³-hybridized carbons (Fsp3) is 0.433. The van der Waals surface area contributed by atoms with E-state index in [0.717, 1.165) is 5.52 Å². The summed E-state index contributed by atoms with van der Waals surface area (Å²) in [5, 5.41) is 9.75. The van der Waals surface area contributed by atoms with Crippen molar-refractivity contribution < 1.29 is 37.0 Å². The van der Waals surface area contributed by atoms with Crippen LogP contribution in [-0.2, 0) is 27.8 Å². The second-order valence-electron chi connectivity index (χ2n) is 11.1. The monoisotopic (exact) mass is 569 g/mol. The lowest BCUT2D eigenvalue weighted by molar-refractivity contribution is -0.144. The Labute approximate surface area is 233 Å². The summed E-state index contributed by atoms with van der Waals surface area (Å²) < 4.78 is 57.5. The average molecular weight is 570 g/mol. The molecular formula is C30H30F3N3O5. The maximum absolute atomic E-state index is 15.6. The number of carboxylic acids is 1. The number of likely N-dealkylation sites (tertiary alicyclic amines) is 1. The highest BCUT2D eigenvalue weighted by molar-refractivity contribution is 5.95. The molecule has 11 heteroatoms. The van der Waals surface area contributed by atoms with Crippen LogP contribution in [0.1, 0.15) is 37.7 Å². The highest BCUT2D eigenvalue weighted by atomic mass is 19.1. The lowest BCUT2D eigenvalue weighted by atomic mass is 9.87. The van der Waals surface area contributed by atoms with Gasteiger partial charge in [-0.2, -0.15) is 0 Å². The molecule has 0 bridgehead atoms. The average Bonchev–Trinajstić information content (AvgIpc) is 3.64. The molecule has 0 unspecified atom stereocenters. The molecule has 41 heavy (non-hydrogen) atoms. The molecule has 1 saturated heterocycles. The molecule has 3 heterocycles. The number of benzene rings is 2. The molecule has 1 N–H and O–H groups in total. The van der Waals surface area contributed by atoms with Crippen LogP contribution in [0.4, 0.5) is 13.2 Å². The van der Waals surface area contributed by atoms with E-state index >= 15 is 4.39 Å². The van der Waals surface area contributed by atoms with Gasteiger partial charge in [-0.3, -0.25) is 9.59 Å². The number of carbonyl (C=O) groups excluding carboxylic acids is 1. The number of aryl methyl sites for hydroxylation is 1. The Hall–Kier alpha value is -3.86. The number of rotatable bonds is 7. The van der Waals surface area contributed by atoms with Crippen molar-refractivity contribution in [1.29, 1.82) is 0 Å². The smallest absolute Gasteiger partial charge is 0.306 e. The largest absolute Gasteiger partial charge is 0.481 e. The van der Waals surface area contributed by atoms with Crippen molar-refractivity contribution in [1.82, 2.24) is 14.5 Å². The maximum atomic E-state index is 15.6. The quantitative estimate of drug-likeness (QED) is 0.320. The van der Waals surface area contributed by atoms with Gasteiger partial charge in [-0.1, -0.05) is 6.07 Å². The van der Waals surface area contributed by atoms with Gasteiger partial charge in [0.1, 0.15) is 17.5 Å². The number of aliphatic carboxylic acids is 1. The Balaban J connectivity index is 1.17. The van der Waals surface area contributed by atoms with Crippen LogP contribution < -0.4 is 0 Å². The van der Waals surface area contributed by atoms with E-state index in [1.165, 1.54) is 23.1 Å². The molecule has 6 rings (SSSR count). The zero-order valence-electron chi connectivity index (χ0n) is 22.5. The Morgan fingerprint density at radius 1 is 1.15 bits per heavy atom. The fourth-order valence-corrected chi connectivity index (χ4v) is 6.10. The van der Waals surface area contributed by atoms with E-state index in [1.54, 1.807) is 29.9 Å². The van der Waals surface area contributed by atoms with E-state index in [9.17, 15) is 23.5 Å². The van der Waals surface area contributed by atoms with E-state index in [0.29, 0.717) is 36.6 Å². The molecule has 1 aliphatic heterocycles. The zero-order chi connectivity index (χ0) is 28.8. The summed E-state index contributed by atoms with van der Waals surface area (Å²) in [7, 11) is 1.80. The molecule has 1 saturated carbocycles. The van der Waals surface area contributed by atoms with Crippen molar-refractivity contribution in [3.63, 3.8) is 0 Å². The topological polar surface area (TPSA) is 97.8 Å². The standard InChI is InChI=1S/C30H30F3N3O5/c1-35-14-23(22-12-18(31)5-9-25(22)35)29-34-24-8-4-17(27(33)28(24)41-29)10-26(37)36-13-19(32)11-20(36)15-40-21-6-2-16(3-7-21)30(38)39/h4-5,8-9,12,14,16,19-21H,2-3,6-7,10-11,13,15H2,1H3,(H,38,39)/t16?,19-,20-,21?/m0/s1. The van der Waals surface area contributed by atoms with Crippen LogP contribution in [0.5, 0.6) is 0 Å². The summed E-state index contributed by atoms with van der Waals surface area (Å²) in [6, 6.07) is 6.93. The Kier molecular flexibility index (Phi) is 7.23. The molecule has 1 amide bonds. The molecule has 2 aromatic heterocycles. The second kappa shape index (κ2) is 10.8. The molecule has 0 spiro atoms. The van der Waals surface area contributed by atoms with Crippen molar-refractivity contribution in [3.8, 4) is 11.5 Å². The number of ether oxygens (including phenoxy) is 1. The molecule has 216 valence electrons. The van der Waals surface area contributed by atoms with Crippen molar-refractivity contribution in [3.05, 3.63) is 53.7 Å². The number of nitrogens with zero attached hydrogens (tertiary/aromatic N) is 3. The SMILES string of the molecule is Cn1cc(-c2nc3ccc(CC(=O)N4C[C@@H](F)C[C@H]4COC4CCC(C(=O)O)CC4)c(F)c3o2)c2cc(F)ccc21. The van der Waals surface area contributed by atoms with Gasteiger partial charge in [0, 0.05) is 36.1 Å². The van der Waals surface area contributed by atoms with Crippen molar-refractivity contribution >= 4 is 33.9 Å².